The highest BCUT2D eigenvalue weighted by Gasteiger charge is 2.24. The first kappa shape index (κ1) is 14.5. The fourth-order valence-corrected chi connectivity index (χ4v) is 2.40. The summed E-state index contributed by atoms with van der Waals surface area (Å²) in [6.45, 7) is 9.51. The molecule has 1 heterocycles. The van der Waals surface area contributed by atoms with Gasteiger partial charge in [0.15, 0.2) is 0 Å². The van der Waals surface area contributed by atoms with Gasteiger partial charge in [-0.15, -0.1) is 0 Å². The van der Waals surface area contributed by atoms with Gasteiger partial charge in [0.1, 0.15) is 6.04 Å². The Kier molecular flexibility index (Phi) is 5.92. The number of hydrogen-bond donors (Lipinski definition) is 1. The van der Waals surface area contributed by atoms with Crippen LogP contribution in [0.1, 0.15) is 33.6 Å². The summed E-state index contributed by atoms with van der Waals surface area (Å²) in [6, 6.07) is -0.495. The van der Waals surface area contributed by atoms with Gasteiger partial charge in [-0.1, -0.05) is 13.8 Å². The molecule has 1 saturated heterocycles. The molecule has 0 aromatic heterocycles. The van der Waals surface area contributed by atoms with Crippen LogP contribution >= 0.6 is 0 Å². The Balaban J connectivity index is 2.28. The van der Waals surface area contributed by atoms with Gasteiger partial charge in [-0.05, 0) is 44.7 Å². The summed E-state index contributed by atoms with van der Waals surface area (Å²) in [5.74, 6) is 1.31. The molecule has 0 radical (unpaired) electrons. The quantitative estimate of drug-likeness (QED) is 0.737. The number of piperidine rings is 1. The predicted molar refractivity (Wildman–Crippen MR) is 68.6 cm³/mol. The number of carbonyl (C=O) groups is 1. The molecule has 0 bridgehead atoms. The van der Waals surface area contributed by atoms with E-state index in [0.717, 1.165) is 24.9 Å². The Bertz CT molecular complexity index is 236. The van der Waals surface area contributed by atoms with Crippen molar-refractivity contribution in [3.63, 3.8) is 0 Å². The van der Waals surface area contributed by atoms with Crippen molar-refractivity contribution in [2.24, 2.45) is 17.6 Å². The number of nitrogens with two attached hydrogens (primary N) is 1. The van der Waals surface area contributed by atoms with E-state index in [1.807, 2.05) is 0 Å². The second-order valence-corrected chi connectivity index (χ2v) is 5.24. The number of likely N-dealkylation sites (tertiary alicyclic amines) is 1. The van der Waals surface area contributed by atoms with E-state index in [2.05, 4.69) is 18.7 Å². The molecule has 4 nitrogen and oxygen atoms in total. The maximum atomic E-state index is 11.4. The fourth-order valence-electron chi connectivity index (χ4n) is 2.40. The van der Waals surface area contributed by atoms with E-state index in [9.17, 15) is 4.79 Å². The predicted octanol–water partition coefficient (Wildman–Crippen LogP) is 1.24. The van der Waals surface area contributed by atoms with Crippen LogP contribution in [0.2, 0.25) is 0 Å². The highest BCUT2D eigenvalue weighted by atomic mass is 16.5. The van der Waals surface area contributed by atoms with Crippen LogP contribution in [0, 0.1) is 11.8 Å². The van der Waals surface area contributed by atoms with Crippen molar-refractivity contribution in [1.29, 1.82) is 0 Å². The second kappa shape index (κ2) is 6.97. The van der Waals surface area contributed by atoms with Gasteiger partial charge in [-0.3, -0.25) is 4.79 Å². The van der Waals surface area contributed by atoms with E-state index >= 15 is 0 Å². The maximum Gasteiger partial charge on any atom is 0.324 e. The first-order chi connectivity index (χ1) is 8.04. The lowest BCUT2D eigenvalue weighted by molar-refractivity contribution is -0.145. The van der Waals surface area contributed by atoms with Crippen molar-refractivity contribution in [2.75, 3.05) is 26.2 Å². The molecule has 0 amide bonds. The Morgan fingerprint density at radius 3 is 2.47 bits per heavy atom. The monoisotopic (exact) mass is 242 g/mol. The summed E-state index contributed by atoms with van der Waals surface area (Å²) in [4.78, 5) is 13.7. The van der Waals surface area contributed by atoms with Crippen LogP contribution in [-0.2, 0) is 9.53 Å². The molecule has 1 atom stereocenters. The maximum absolute atomic E-state index is 11.4. The molecule has 0 spiro atoms. The van der Waals surface area contributed by atoms with Crippen molar-refractivity contribution in [3.05, 3.63) is 0 Å². The van der Waals surface area contributed by atoms with Gasteiger partial charge in [0.05, 0.1) is 6.61 Å². The Morgan fingerprint density at radius 2 is 2.00 bits per heavy atom. The van der Waals surface area contributed by atoms with Crippen LogP contribution in [0.3, 0.4) is 0 Å². The number of esters is 1. The van der Waals surface area contributed by atoms with Gasteiger partial charge in [0, 0.05) is 6.54 Å². The molecule has 1 aliphatic rings. The Labute approximate surface area is 104 Å². The molecular formula is C13H26N2O2. The van der Waals surface area contributed by atoms with Gasteiger partial charge in [0.2, 0.25) is 0 Å². The zero-order valence-electron chi connectivity index (χ0n) is 11.3. The zero-order valence-corrected chi connectivity index (χ0v) is 11.3. The number of hydrogen-bond acceptors (Lipinski definition) is 4. The van der Waals surface area contributed by atoms with Crippen molar-refractivity contribution < 1.29 is 9.53 Å². The number of ether oxygens (including phenoxy) is 1. The molecular weight excluding hydrogens is 216 g/mol. The van der Waals surface area contributed by atoms with Crippen LogP contribution in [0.4, 0.5) is 0 Å². The minimum Gasteiger partial charge on any atom is -0.465 e. The van der Waals surface area contributed by atoms with Gasteiger partial charge in [-0.25, -0.2) is 0 Å². The first-order valence-corrected chi connectivity index (χ1v) is 6.69. The van der Waals surface area contributed by atoms with E-state index in [1.54, 1.807) is 6.92 Å². The average molecular weight is 242 g/mol. The minimum atomic E-state index is -0.495. The van der Waals surface area contributed by atoms with Crippen LogP contribution in [0.5, 0.6) is 0 Å². The van der Waals surface area contributed by atoms with Gasteiger partial charge in [0.25, 0.3) is 0 Å². The van der Waals surface area contributed by atoms with E-state index in [4.69, 9.17) is 10.5 Å². The number of nitrogens with zero attached hydrogens (tertiary/aromatic N) is 1. The molecule has 0 aliphatic carbocycles. The summed E-state index contributed by atoms with van der Waals surface area (Å²) >= 11 is 0. The lowest BCUT2D eigenvalue weighted by Gasteiger charge is -2.34. The first-order valence-electron chi connectivity index (χ1n) is 6.69. The van der Waals surface area contributed by atoms with Gasteiger partial charge >= 0.3 is 5.97 Å². The summed E-state index contributed by atoms with van der Waals surface area (Å²) < 4.78 is 4.91. The van der Waals surface area contributed by atoms with E-state index in [-0.39, 0.29) is 5.97 Å². The van der Waals surface area contributed by atoms with Gasteiger partial charge < -0.3 is 15.4 Å². The second-order valence-electron chi connectivity index (χ2n) is 5.24. The van der Waals surface area contributed by atoms with Gasteiger partial charge in [-0.2, -0.15) is 0 Å². The van der Waals surface area contributed by atoms with Crippen LogP contribution in [0.25, 0.3) is 0 Å². The molecule has 1 rings (SSSR count). The molecule has 2 N–H and O–H groups in total. The highest BCUT2D eigenvalue weighted by Crippen LogP contribution is 2.24. The molecule has 17 heavy (non-hydrogen) atoms. The largest absolute Gasteiger partial charge is 0.465 e. The highest BCUT2D eigenvalue weighted by molar-refractivity contribution is 5.75. The molecule has 100 valence electrons. The number of rotatable bonds is 5. The molecule has 4 heteroatoms. The van der Waals surface area contributed by atoms with Crippen LogP contribution in [-0.4, -0.2) is 43.2 Å². The third-order valence-electron chi connectivity index (χ3n) is 3.62. The van der Waals surface area contributed by atoms with E-state index < -0.39 is 6.04 Å². The van der Waals surface area contributed by atoms with Crippen molar-refractivity contribution in [2.45, 2.75) is 39.7 Å². The van der Waals surface area contributed by atoms with E-state index in [0.29, 0.717) is 13.2 Å². The summed E-state index contributed by atoms with van der Waals surface area (Å²) in [6.07, 6.45) is 2.43. The molecule has 1 fully saturated rings. The van der Waals surface area contributed by atoms with Crippen LogP contribution in [0.15, 0.2) is 0 Å². The van der Waals surface area contributed by atoms with E-state index in [1.165, 1.54) is 12.8 Å². The molecule has 0 aromatic carbocycles. The summed E-state index contributed by atoms with van der Waals surface area (Å²) in [5.41, 5.74) is 5.81. The zero-order chi connectivity index (χ0) is 12.8. The minimum absolute atomic E-state index is 0.279. The third kappa shape index (κ3) is 4.64. The van der Waals surface area contributed by atoms with Crippen molar-refractivity contribution in [1.82, 2.24) is 4.90 Å². The summed E-state index contributed by atoms with van der Waals surface area (Å²) in [7, 11) is 0. The smallest absolute Gasteiger partial charge is 0.324 e. The lowest BCUT2D eigenvalue weighted by Crippen LogP contribution is -2.46. The average Bonchev–Trinajstić information content (AvgIpc) is 2.30. The SMILES string of the molecule is CCOC(=O)C(N)CN1CCC(C(C)C)CC1. The number of carbonyl (C=O) groups excluding carboxylic acids is 1. The normalized spacial score (nSPS) is 20.5. The van der Waals surface area contributed by atoms with Crippen molar-refractivity contribution >= 4 is 5.97 Å². The Morgan fingerprint density at radius 1 is 1.41 bits per heavy atom. The summed E-state index contributed by atoms with van der Waals surface area (Å²) in [5, 5.41) is 0. The third-order valence-corrected chi connectivity index (χ3v) is 3.62. The topological polar surface area (TPSA) is 55.6 Å². The Hall–Kier alpha value is -0.610. The fraction of sp³-hybridized carbons (Fsp3) is 0.923. The molecule has 0 aromatic rings. The molecule has 1 aliphatic heterocycles. The van der Waals surface area contributed by atoms with Crippen LogP contribution < -0.4 is 5.73 Å². The lowest BCUT2D eigenvalue weighted by atomic mass is 9.86. The standard InChI is InChI=1S/C13H26N2O2/c1-4-17-13(16)12(14)9-15-7-5-11(6-8-15)10(2)3/h10-12H,4-9,14H2,1-3H3. The van der Waals surface area contributed by atoms with Crippen molar-refractivity contribution in [3.8, 4) is 0 Å². The molecule has 1 unspecified atom stereocenters. The molecule has 0 saturated carbocycles.